The number of ether oxygens (including phenoxy) is 1. The summed E-state index contributed by atoms with van der Waals surface area (Å²) in [5.41, 5.74) is 6.48. The third-order valence-corrected chi connectivity index (χ3v) is 5.38. The Morgan fingerprint density at radius 2 is 1.84 bits per heavy atom. The lowest BCUT2D eigenvalue weighted by atomic mass is 9.96. The predicted octanol–water partition coefficient (Wildman–Crippen LogP) is 2.66. The molecule has 1 aromatic rings. The Morgan fingerprint density at radius 3 is 2.52 bits per heavy atom. The fourth-order valence-electron chi connectivity index (χ4n) is 3.80. The van der Waals surface area contributed by atoms with Crippen LogP contribution in [0.2, 0.25) is 0 Å². The number of carbonyl (C=O) groups is 2. The van der Waals surface area contributed by atoms with Gasteiger partial charge in [0.05, 0.1) is 6.10 Å². The molecular formula is C20H28N2O3. The number of nitrogens with zero attached hydrogens (tertiary/aromatic N) is 1. The van der Waals surface area contributed by atoms with Crippen molar-refractivity contribution in [3.63, 3.8) is 0 Å². The maximum atomic E-state index is 12.4. The number of likely N-dealkylation sites (tertiary alicyclic amines) is 1. The topological polar surface area (TPSA) is 72.6 Å². The average Bonchev–Trinajstić information content (AvgIpc) is 3.13. The van der Waals surface area contributed by atoms with Crippen LogP contribution in [0.4, 0.5) is 0 Å². The summed E-state index contributed by atoms with van der Waals surface area (Å²) in [7, 11) is 0. The molecule has 0 radical (unpaired) electrons. The van der Waals surface area contributed by atoms with Crippen LogP contribution in [0.25, 0.3) is 0 Å². The van der Waals surface area contributed by atoms with Gasteiger partial charge in [-0.05, 0) is 62.6 Å². The van der Waals surface area contributed by atoms with Crippen molar-refractivity contribution in [1.82, 2.24) is 4.90 Å². The summed E-state index contributed by atoms with van der Waals surface area (Å²) in [5.74, 6) is 0.754. The molecule has 0 unspecified atom stereocenters. The molecule has 1 aromatic carbocycles. The van der Waals surface area contributed by atoms with E-state index in [1.165, 1.54) is 12.8 Å². The van der Waals surface area contributed by atoms with E-state index in [0.717, 1.165) is 30.6 Å². The monoisotopic (exact) mass is 344 g/mol. The SMILES string of the molecule is NC(=O)C1CCN(C(=O)CCc2cccc(OC3CCCC3)c2)CC1. The van der Waals surface area contributed by atoms with Crippen LogP contribution in [0.3, 0.4) is 0 Å². The highest BCUT2D eigenvalue weighted by Crippen LogP contribution is 2.25. The van der Waals surface area contributed by atoms with Crippen molar-refractivity contribution in [3.8, 4) is 5.75 Å². The maximum absolute atomic E-state index is 12.4. The predicted molar refractivity (Wildman–Crippen MR) is 96.1 cm³/mol. The Labute approximate surface area is 149 Å². The smallest absolute Gasteiger partial charge is 0.222 e. The van der Waals surface area contributed by atoms with Crippen LogP contribution < -0.4 is 10.5 Å². The molecular weight excluding hydrogens is 316 g/mol. The fourth-order valence-corrected chi connectivity index (χ4v) is 3.80. The highest BCUT2D eigenvalue weighted by molar-refractivity contribution is 5.79. The molecule has 1 aliphatic carbocycles. The number of amides is 2. The van der Waals surface area contributed by atoms with Crippen LogP contribution in [0.1, 0.15) is 50.5 Å². The molecule has 1 aliphatic heterocycles. The van der Waals surface area contributed by atoms with Crippen molar-refractivity contribution in [1.29, 1.82) is 0 Å². The number of aryl methyl sites for hydroxylation is 1. The van der Waals surface area contributed by atoms with Gasteiger partial charge in [0.15, 0.2) is 0 Å². The van der Waals surface area contributed by atoms with Crippen LogP contribution in [-0.2, 0) is 16.0 Å². The van der Waals surface area contributed by atoms with Crippen LogP contribution in [0, 0.1) is 5.92 Å². The highest BCUT2D eigenvalue weighted by atomic mass is 16.5. The van der Waals surface area contributed by atoms with Gasteiger partial charge in [-0.1, -0.05) is 12.1 Å². The van der Waals surface area contributed by atoms with Crippen LogP contribution >= 0.6 is 0 Å². The molecule has 3 rings (SSSR count). The molecule has 25 heavy (non-hydrogen) atoms. The minimum atomic E-state index is -0.244. The summed E-state index contributed by atoms with van der Waals surface area (Å²) in [5, 5.41) is 0. The molecule has 136 valence electrons. The van der Waals surface area contributed by atoms with Crippen LogP contribution in [0.5, 0.6) is 5.75 Å². The minimum Gasteiger partial charge on any atom is -0.490 e. The third-order valence-electron chi connectivity index (χ3n) is 5.38. The highest BCUT2D eigenvalue weighted by Gasteiger charge is 2.25. The number of hydrogen-bond acceptors (Lipinski definition) is 3. The Balaban J connectivity index is 1.46. The summed E-state index contributed by atoms with van der Waals surface area (Å²) < 4.78 is 6.03. The van der Waals surface area contributed by atoms with Crippen molar-refractivity contribution >= 4 is 11.8 Å². The second kappa shape index (κ2) is 8.37. The Hall–Kier alpha value is -2.04. The molecule has 2 N–H and O–H groups in total. The van der Waals surface area contributed by atoms with Gasteiger partial charge < -0.3 is 15.4 Å². The van der Waals surface area contributed by atoms with Gasteiger partial charge in [0.2, 0.25) is 11.8 Å². The first-order chi connectivity index (χ1) is 12.1. The number of rotatable bonds is 6. The second-order valence-corrected chi connectivity index (χ2v) is 7.23. The first kappa shape index (κ1) is 17.8. The molecule has 0 aromatic heterocycles. The lowest BCUT2D eigenvalue weighted by molar-refractivity contribution is -0.134. The fraction of sp³-hybridized carbons (Fsp3) is 0.600. The Bertz CT molecular complexity index is 603. The lowest BCUT2D eigenvalue weighted by Gasteiger charge is -2.30. The quantitative estimate of drug-likeness (QED) is 0.862. The average molecular weight is 344 g/mol. The van der Waals surface area contributed by atoms with Crippen molar-refractivity contribution in [3.05, 3.63) is 29.8 Å². The Kier molecular flexibility index (Phi) is 5.95. The number of piperidine rings is 1. The van der Waals surface area contributed by atoms with Crippen molar-refractivity contribution < 1.29 is 14.3 Å². The molecule has 0 spiro atoms. The van der Waals surface area contributed by atoms with E-state index in [2.05, 4.69) is 6.07 Å². The molecule has 5 heteroatoms. The lowest BCUT2D eigenvalue weighted by Crippen LogP contribution is -2.41. The van der Waals surface area contributed by atoms with Gasteiger partial charge >= 0.3 is 0 Å². The van der Waals surface area contributed by atoms with E-state index in [-0.39, 0.29) is 17.7 Å². The third kappa shape index (κ3) is 4.97. The molecule has 1 saturated carbocycles. The Morgan fingerprint density at radius 1 is 1.12 bits per heavy atom. The molecule has 1 heterocycles. The van der Waals surface area contributed by atoms with Gasteiger partial charge in [0, 0.05) is 25.4 Å². The van der Waals surface area contributed by atoms with E-state index >= 15 is 0 Å². The standard InChI is InChI=1S/C20H28N2O3/c21-20(24)16-10-12-22(13-11-16)19(23)9-8-15-4-3-7-18(14-15)25-17-5-1-2-6-17/h3-4,7,14,16-17H,1-2,5-6,8-13H2,(H2,21,24). The molecule has 0 bridgehead atoms. The summed E-state index contributed by atoms with van der Waals surface area (Å²) in [6, 6.07) is 8.11. The van der Waals surface area contributed by atoms with E-state index in [4.69, 9.17) is 10.5 Å². The largest absolute Gasteiger partial charge is 0.490 e. The van der Waals surface area contributed by atoms with Crippen molar-refractivity contribution in [2.75, 3.05) is 13.1 Å². The van der Waals surface area contributed by atoms with E-state index in [1.54, 1.807) is 0 Å². The normalized spacial score (nSPS) is 19.1. The van der Waals surface area contributed by atoms with Gasteiger partial charge in [-0.3, -0.25) is 9.59 Å². The number of benzene rings is 1. The summed E-state index contributed by atoms with van der Waals surface area (Å²) in [6.45, 7) is 1.27. The molecule has 2 fully saturated rings. The number of nitrogens with two attached hydrogens (primary N) is 1. The number of hydrogen-bond donors (Lipinski definition) is 1. The van der Waals surface area contributed by atoms with Gasteiger partial charge in [-0.15, -0.1) is 0 Å². The zero-order valence-electron chi connectivity index (χ0n) is 14.8. The number of primary amides is 1. The number of carbonyl (C=O) groups excluding carboxylic acids is 2. The van der Waals surface area contributed by atoms with E-state index in [1.807, 2.05) is 23.1 Å². The van der Waals surface area contributed by atoms with Crippen molar-refractivity contribution in [2.45, 2.75) is 57.5 Å². The summed E-state index contributed by atoms with van der Waals surface area (Å²) in [6.07, 6.45) is 7.73. The zero-order chi connectivity index (χ0) is 17.6. The van der Waals surface area contributed by atoms with Crippen LogP contribution in [0.15, 0.2) is 24.3 Å². The summed E-state index contributed by atoms with van der Waals surface area (Å²) in [4.78, 5) is 25.5. The molecule has 0 atom stereocenters. The van der Waals surface area contributed by atoms with Crippen molar-refractivity contribution in [2.24, 2.45) is 11.7 Å². The van der Waals surface area contributed by atoms with E-state index in [0.29, 0.717) is 38.5 Å². The van der Waals surface area contributed by atoms with Crippen LogP contribution in [-0.4, -0.2) is 35.9 Å². The van der Waals surface area contributed by atoms with E-state index < -0.39 is 0 Å². The summed E-state index contributed by atoms with van der Waals surface area (Å²) >= 11 is 0. The van der Waals surface area contributed by atoms with Gasteiger partial charge in [-0.2, -0.15) is 0 Å². The molecule has 1 saturated heterocycles. The second-order valence-electron chi connectivity index (χ2n) is 7.23. The van der Waals surface area contributed by atoms with E-state index in [9.17, 15) is 9.59 Å². The minimum absolute atomic E-state index is 0.0755. The molecule has 2 aliphatic rings. The van der Waals surface area contributed by atoms with Gasteiger partial charge in [-0.25, -0.2) is 0 Å². The first-order valence-electron chi connectivity index (χ1n) is 9.44. The first-order valence-corrected chi connectivity index (χ1v) is 9.44. The maximum Gasteiger partial charge on any atom is 0.222 e. The van der Waals surface area contributed by atoms with Gasteiger partial charge in [0.25, 0.3) is 0 Å². The van der Waals surface area contributed by atoms with Gasteiger partial charge in [0.1, 0.15) is 5.75 Å². The zero-order valence-corrected chi connectivity index (χ0v) is 14.8. The molecule has 5 nitrogen and oxygen atoms in total. The molecule has 2 amide bonds.